The summed E-state index contributed by atoms with van der Waals surface area (Å²) in [7, 11) is 4.67. The lowest BCUT2D eigenvalue weighted by Crippen LogP contribution is -2.31. The van der Waals surface area contributed by atoms with Gasteiger partial charge < -0.3 is 30.2 Å². The van der Waals surface area contributed by atoms with Crippen LogP contribution in [-0.4, -0.2) is 73.5 Å². The number of nitrogen functional groups attached to an aromatic ring is 1. The molecule has 2 fully saturated rings. The molecule has 1 aromatic carbocycles. The van der Waals surface area contributed by atoms with Gasteiger partial charge in [0.05, 0.1) is 25.5 Å². The summed E-state index contributed by atoms with van der Waals surface area (Å²) >= 11 is 0. The minimum absolute atomic E-state index is 0.0651. The Balaban J connectivity index is 0.000000543. The van der Waals surface area contributed by atoms with Crippen LogP contribution in [0.5, 0.6) is 11.5 Å². The molecule has 0 bridgehead atoms. The number of hydrogen-bond donors (Lipinski definition) is 2. The van der Waals surface area contributed by atoms with Crippen molar-refractivity contribution >= 4 is 22.7 Å². The van der Waals surface area contributed by atoms with Crippen molar-refractivity contribution in [1.29, 1.82) is 0 Å². The Bertz CT molecular complexity index is 1170. The van der Waals surface area contributed by atoms with Crippen LogP contribution in [0.2, 0.25) is 0 Å². The molecule has 2 aromatic heterocycles. The second-order valence-electron chi connectivity index (χ2n) is 8.78. The van der Waals surface area contributed by atoms with Crippen molar-refractivity contribution in [3.8, 4) is 22.8 Å². The number of halogens is 2. The predicted molar refractivity (Wildman–Crippen MR) is 134 cm³/mol. The summed E-state index contributed by atoms with van der Waals surface area (Å²) in [5.41, 5.74) is 5.96. The number of likely N-dealkylation sites (N-methyl/N-ethyl adjacent to an activating group) is 1. The van der Waals surface area contributed by atoms with Gasteiger partial charge in [0.2, 0.25) is 5.95 Å². The fourth-order valence-electron chi connectivity index (χ4n) is 4.38. The van der Waals surface area contributed by atoms with Gasteiger partial charge in [-0.1, -0.05) is 0 Å². The number of rotatable bonds is 6. The van der Waals surface area contributed by atoms with Gasteiger partial charge in [-0.25, -0.2) is 23.7 Å². The van der Waals surface area contributed by atoms with Gasteiger partial charge in [0.15, 0.2) is 29.0 Å². The van der Waals surface area contributed by atoms with Crippen molar-refractivity contribution in [1.82, 2.24) is 19.9 Å². The number of ether oxygens (including phenoxy) is 3. The Labute approximate surface area is 209 Å². The SMILES string of the molecule is C1CCOC1.COc1cc(OC)c(F)c(-c2cc3cnc(N)nc3c(NCC3CCCN3C)n2)c1F. The average Bonchev–Trinajstić information content (AvgIpc) is 3.58. The van der Waals surface area contributed by atoms with Gasteiger partial charge in [0, 0.05) is 43.4 Å². The number of pyridine rings is 1. The van der Waals surface area contributed by atoms with Gasteiger partial charge in [0.1, 0.15) is 5.52 Å². The van der Waals surface area contributed by atoms with Crippen LogP contribution in [0.1, 0.15) is 25.7 Å². The van der Waals surface area contributed by atoms with E-state index in [-0.39, 0.29) is 28.7 Å². The lowest BCUT2D eigenvalue weighted by Gasteiger charge is -2.21. The number of anilines is 2. The quantitative estimate of drug-likeness (QED) is 0.519. The maximum absolute atomic E-state index is 15.1. The van der Waals surface area contributed by atoms with E-state index >= 15 is 8.78 Å². The molecule has 11 heteroatoms. The summed E-state index contributed by atoms with van der Waals surface area (Å²) in [6.45, 7) is 3.63. The van der Waals surface area contributed by atoms with Crippen LogP contribution < -0.4 is 20.5 Å². The Morgan fingerprint density at radius 3 is 2.33 bits per heavy atom. The smallest absolute Gasteiger partial charge is 0.220 e. The molecule has 0 radical (unpaired) electrons. The summed E-state index contributed by atoms with van der Waals surface area (Å²) in [6.07, 6.45) is 6.23. The largest absolute Gasteiger partial charge is 0.494 e. The number of hydrogen-bond acceptors (Lipinski definition) is 9. The van der Waals surface area contributed by atoms with Crippen molar-refractivity contribution < 1.29 is 23.0 Å². The van der Waals surface area contributed by atoms with Crippen molar-refractivity contribution in [2.24, 2.45) is 0 Å². The van der Waals surface area contributed by atoms with E-state index in [0.717, 1.165) is 38.7 Å². The molecule has 1 unspecified atom stereocenters. The van der Waals surface area contributed by atoms with E-state index in [0.29, 0.717) is 29.3 Å². The molecule has 36 heavy (non-hydrogen) atoms. The zero-order valence-electron chi connectivity index (χ0n) is 20.8. The zero-order chi connectivity index (χ0) is 25.7. The third-order valence-electron chi connectivity index (χ3n) is 6.42. The minimum atomic E-state index is -0.870. The second-order valence-corrected chi connectivity index (χ2v) is 8.78. The summed E-state index contributed by atoms with van der Waals surface area (Å²) in [5.74, 6) is -1.57. The lowest BCUT2D eigenvalue weighted by atomic mass is 10.1. The van der Waals surface area contributed by atoms with Crippen LogP contribution in [0.4, 0.5) is 20.5 Å². The van der Waals surface area contributed by atoms with Crippen LogP contribution in [0, 0.1) is 11.6 Å². The number of methoxy groups -OCH3 is 2. The molecular formula is C25H32F2N6O3. The molecule has 9 nitrogen and oxygen atoms in total. The van der Waals surface area contributed by atoms with E-state index in [9.17, 15) is 0 Å². The topological polar surface area (TPSA) is 108 Å². The highest BCUT2D eigenvalue weighted by Gasteiger charge is 2.25. The Kier molecular flexibility index (Phi) is 8.32. The van der Waals surface area contributed by atoms with Crippen LogP contribution in [-0.2, 0) is 4.74 Å². The number of aromatic nitrogens is 3. The normalized spacial score (nSPS) is 17.6. The highest BCUT2D eigenvalue weighted by molar-refractivity contribution is 5.91. The highest BCUT2D eigenvalue weighted by Crippen LogP contribution is 2.38. The molecule has 2 aliphatic rings. The van der Waals surface area contributed by atoms with Crippen LogP contribution >= 0.6 is 0 Å². The predicted octanol–water partition coefficient (Wildman–Crippen LogP) is 3.87. The number of fused-ring (bicyclic) bond motifs is 1. The maximum atomic E-state index is 15.1. The van der Waals surface area contributed by atoms with E-state index < -0.39 is 11.6 Å². The third-order valence-corrected chi connectivity index (χ3v) is 6.42. The first-order valence-corrected chi connectivity index (χ1v) is 12.0. The molecule has 0 aliphatic carbocycles. The molecule has 194 valence electrons. The van der Waals surface area contributed by atoms with E-state index in [2.05, 4.69) is 32.2 Å². The van der Waals surface area contributed by atoms with Gasteiger partial charge in [0.25, 0.3) is 0 Å². The number of nitrogens with two attached hydrogens (primary N) is 1. The average molecular weight is 503 g/mol. The monoisotopic (exact) mass is 502 g/mol. The Morgan fingerprint density at radius 1 is 1.08 bits per heavy atom. The molecule has 1 atom stereocenters. The molecule has 0 saturated carbocycles. The molecule has 4 heterocycles. The van der Waals surface area contributed by atoms with Gasteiger partial charge in [-0.2, -0.15) is 0 Å². The fraction of sp³-hybridized carbons (Fsp3) is 0.480. The summed E-state index contributed by atoms with van der Waals surface area (Å²) in [5, 5.41) is 3.83. The van der Waals surface area contributed by atoms with Crippen molar-refractivity contribution in [2.75, 3.05) is 58.6 Å². The van der Waals surface area contributed by atoms with Crippen LogP contribution in [0.25, 0.3) is 22.2 Å². The molecule has 0 spiro atoms. The van der Waals surface area contributed by atoms with E-state index in [1.54, 1.807) is 0 Å². The number of nitrogens with zero attached hydrogens (tertiary/aromatic N) is 4. The van der Waals surface area contributed by atoms with E-state index in [1.807, 2.05) is 0 Å². The standard InChI is InChI=1S/C21H24F2N6O2.C4H8O/c1-29-6-4-5-12(29)10-25-20-19-11(9-26-21(24)28-19)7-13(27-20)16-17(22)14(30-2)8-15(31-3)18(16)23;1-2-4-5-3-1/h7-9,12H,4-6,10H2,1-3H3,(H,25,27)(H2,24,26,28);1-4H2. The summed E-state index contributed by atoms with van der Waals surface area (Å²) in [4.78, 5) is 15.1. The molecule has 3 N–H and O–H groups in total. The maximum Gasteiger partial charge on any atom is 0.220 e. The molecule has 3 aromatic rings. The molecule has 2 aliphatic heterocycles. The number of benzene rings is 1. The summed E-state index contributed by atoms with van der Waals surface area (Å²) < 4.78 is 45.2. The molecule has 5 rings (SSSR count). The van der Waals surface area contributed by atoms with E-state index in [1.165, 1.54) is 39.3 Å². The second kappa shape index (κ2) is 11.6. The van der Waals surface area contributed by atoms with Crippen molar-refractivity contribution in [3.63, 3.8) is 0 Å². The first-order valence-electron chi connectivity index (χ1n) is 12.0. The first-order chi connectivity index (χ1) is 17.4. The Hall–Kier alpha value is -3.31. The highest BCUT2D eigenvalue weighted by atomic mass is 19.1. The zero-order valence-corrected chi connectivity index (χ0v) is 20.8. The van der Waals surface area contributed by atoms with E-state index in [4.69, 9.17) is 19.9 Å². The minimum Gasteiger partial charge on any atom is -0.494 e. The fourth-order valence-corrected chi connectivity index (χ4v) is 4.38. The van der Waals surface area contributed by atoms with Gasteiger partial charge >= 0.3 is 0 Å². The Morgan fingerprint density at radius 2 is 1.78 bits per heavy atom. The lowest BCUT2D eigenvalue weighted by molar-refractivity contribution is 0.198. The van der Waals surface area contributed by atoms with Crippen molar-refractivity contribution in [3.05, 3.63) is 30.0 Å². The van der Waals surface area contributed by atoms with Gasteiger partial charge in [-0.3, -0.25) is 0 Å². The molecule has 0 amide bonds. The summed E-state index contributed by atoms with van der Waals surface area (Å²) in [6, 6.07) is 3.00. The van der Waals surface area contributed by atoms with Gasteiger partial charge in [-0.05, 0) is 45.3 Å². The van der Waals surface area contributed by atoms with Gasteiger partial charge in [-0.15, -0.1) is 0 Å². The third kappa shape index (κ3) is 5.57. The first kappa shape index (κ1) is 25.8. The molecule has 2 saturated heterocycles. The van der Waals surface area contributed by atoms with Crippen LogP contribution in [0.15, 0.2) is 18.3 Å². The number of nitrogens with one attached hydrogen (secondary N) is 1. The molecular weight excluding hydrogens is 470 g/mol. The number of likely N-dealkylation sites (tertiary alicyclic amines) is 1. The van der Waals surface area contributed by atoms with Crippen molar-refractivity contribution in [2.45, 2.75) is 31.7 Å². The van der Waals surface area contributed by atoms with Crippen LogP contribution in [0.3, 0.4) is 0 Å².